The van der Waals surface area contributed by atoms with Crippen LogP contribution < -0.4 is 0 Å². The molecule has 0 spiro atoms. The van der Waals surface area contributed by atoms with Gasteiger partial charge in [-0.3, -0.25) is 0 Å². The summed E-state index contributed by atoms with van der Waals surface area (Å²) >= 11 is 3.06. The van der Waals surface area contributed by atoms with Crippen LogP contribution in [0.25, 0.3) is 0 Å². The second-order valence-corrected chi connectivity index (χ2v) is 3.64. The zero-order valence-corrected chi connectivity index (χ0v) is 9.62. The second kappa shape index (κ2) is 5.23. The minimum absolute atomic E-state index is 0.101. The van der Waals surface area contributed by atoms with E-state index in [9.17, 15) is 14.3 Å². The van der Waals surface area contributed by atoms with E-state index in [2.05, 4.69) is 20.7 Å². The van der Waals surface area contributed by atoms with Crippen LogP contribution in [0.2, 0.25) is 0 Å². The number of halogens is 2. The van der Waals surface area contributed by atoms with Crippen molar-refractivity contribution in [2.75, 3.05) is 6.61 Å². The van der Waals surface area contributed by atoms with Crippen molar-refractivity contribution < 1.29 is 19.0 Å². The standard InChI is InChI=1S/C10H10BrFO3/c1-2-15-10(14)9(13)8-6(11)4-3-5-7(8)12/h3-5,9,13H,2H2,1H3. The van der Waals surface area contributed by atoms with Gasteiger partial charge in [-0.15, -0.1) is 0 Å². The van der Waals surface area contributed by atoms with Crippen molar-refractivity contribution in [3.8, 4) is 0 Å². The third-order valence-corrected chi connectivity index (χ3v) is 2.47. The molecule has 5 heteroatoms. The smallest absolute Gasteiger partial charge is 0.339 e. The molecule has 0 radical (unpaired) electrons. The van der Waals surface area contributed by atoms with Gasteiger partial charge in [-0.1, -0.05) is 22.0 Å². The Morgan fingerprint density at radius 2 is 2.33 bits per heavy atom. The average Bonchev–Trinajstić information content (AvgIpc) is 2.17. The van der Waals surface area contributed by atoms with Gasteiger partial charge in [-0.25, -0.2) is 9.18 Å². The summed E-state index contributed by atoms with van der Waals surface area (Å²) in [5.41, 5.74) is -0.101. The van der Waals surface area contributed by atoms with Crippen molar-refractivity contribution in [3.05, 3.63) is 34.1 Å². The van der Waals surface area contributed by atoms with Gasteiger partial charge in [-0.05, 0) is 19.1 Å². The summed E-state index contributed by atoms with van der Waals surface area (Å²) in [5, 5.41) is 9.54. The average molecular weight is 277 g/mol. The molecular formula is C10H10BrFO3. The van der Waals surface area contributed by atoms with Gasteiger partial charge in [0.05, 0.1) is 6.61 Å². The van der Waals surface area contributed by atoms with Crippen LogP contribution in [-0.4, -0.2) is 17.7 Å². The molecular weight excluding hydrogens is 267 g/mol. The van der Waals surface area contributed by atoms with Crippen molar-refractivity contribution in [1.82, 2.24) is 0 Å². The number of aliphatic hydroxyl groups excluding tert-OH is 1. The molecule has 0 aliphatic rings. The Hall–Kier alpha value is -0.940. The molecule has 3 nitrogen and oxygen atoms in total. The minimum atomic E-state index is -1.60. The van der Waals surface area contributed by atoms with Crippen molar-refractivity contribution in [1.29, 1.82) is 0 Å². The molecule has 0 heterocycles. The molecule has 0 aliphatic carbocycles. The van der Waals surface area contributed by atoms with E-state index < -0.39 is 17.9 Å². The lowest BCUT2D eigenvalue weighted by Gasteiger charge is -2.12. The van der Waals surface area contributed by atoms with Crippen LogP contribution in [0.4, 0.5) is 4.39 Å². The SMILES string of the molecule is CCOC(=O)C(O)c1c(F)cccc1Br. The predicted molar refractivity (Wildman–Crippen MR) is 55.7 cm³/mol. The minimum Gasteiger partial charge on any atom is -0.464 e. The molecule has 0 saturated heterocycles. The zero-order chi connectivity index (χ0) is 11.4. The maximum atomic E-state index is 13.3. The number of carbonyl (C=O) groups is 1. The van der Waals surface area contributed by atoms with Crippen LogP contribution in [-0.2, 0) is 9.53 Å². The van der Waals surface area contributed by atoms with E-state index in [-0.39, 0.29) is 12.2 Å². The first-order chi connectivity index (χ1) is 7.07. The van der Waals surface area contributed by atoms with Crippen molar-refractivity contribution >= 4 is 21.9 Å². The summed E-state index contributed by atoms with van der Waals surface area (Å²) < 4.78 is 18.2. The first-order valence-corrected chi connectivity index (χ1v) is 5.15. The van der Waals surface area contributed by atoms with E-state index in [0.29, 0.717) is 4.47 Å². The lowest BCUT2D eigenvalue weighted by atomic mass is 10.1. The molecule has 0 amide bonds. The number of hydrogen-bond acceptors (Lipinski definition) is 3. The second-order valence-electron chi connectivity index (χ2n) is 2.79. The molecule has 1 aromatic carbocycles. The Kier molecular flexibility index (Phi) is 4.23. The van der Waals surface area contributed by atoms with E-state index >= 15 is 0 Å². The third-order valence-electron chi connectivity index (χ3n) is 1.78. The fraction of sp³-hybridized carbons (Fsp3) is 0.300. The molecule has 0 aliphatic heterocycles. The van der Waals surface area contributed by atoms with Crippen molar-refractivity contribution in [3.63, 3.8) is 0 Å². The molecule has 1 aromatic rings. The summed E-state index contributed by atoms with van der Waals surface area (Å²) in [6.07, 6.45) is -1.60. The van der Waals surface area contributed by atoms with Crippen molar-refractivity contribution in [2.24, 2.45) is 0 Å². The highest BCUT2D eigenvalue weighted by Gasteiger charge is 2.24. The topological polar surface area (TPSA) is 46.5 Å². The summed E-state index contributed by atoms with van der Waals surface area (Å²) in [6.45, 7) is 1.75. The molecule has 15 heavy (non-hydrogen) atoms. The van der Waals surface area contributed by atoms with E-state index in [1.54, 1.807) is 13.0 Å². The number of carbonyl (C=O) groups excluding carboxylic acids is 1. The summed E-state index contributed by atoms with van der Waals surface area (Å²) in [7, 11) is 0. The highest BCUT2D eigenvalue weighted by atomic mass is 79.9. The maximum Gasteiger partial charge on any atom is 0.339 e. The molecule has 0 aromatic heterocycles. The fourth-order valence-corrected chi connectivity index (χ4v) is 1.67. The fourth-order valence-electron chi connectivity index (χ4n) is 1.11. The first kappa shape index (κ1) is 12.1. The van der Waals surface area contributed by atoms with Crippen molar-refractivity contribution in [2.45, 2.75) is 13.0 Å². The Morgan fingerprint density at radius 1 is 1.67 bits per heavy atom. The van der Waals surface area contributed by atoms with Gasteiger partial charge in [0.25, 0.3) is 0 Å². The normalized spacial score (nSPS) is 12.3. The lowest BCUT2D eigenvalue weighted by molar-refractivity contribution is -0.153. The van der Waals surface area contributed by atoms with E-state index in [1.165, 1.54) is 12.1 Å². The largest absolute Gasteiger partial charge is 0.464 e. The van der Waals surface area contributed by atoms with Gasteiger partial charge < -0.3 is 9.84 Å². The molecule has 0 fully saturated rings. The number of rotatable bonds is 3. The number of benzene rings is 1. The monoisotopic (exact) mass is 276 g/mol. The van der Waals surface area contributed by atoms with Gasteiger partial charge >= 0.3 is 5.97 Å². The number of hydrogen-bond donors (Lipinski definition) is 1. The van der Waals surface area contributed by atoms with Crippen LogP contribution in [0.1, 0.15) is 18.6 Å². The van der Waals surface area contributed by atoms with Crippen LogP contribution >= 0.6 is 15.9 Å². The highest BCUT2D eigenvalue weighted by Crippen LogP contribution is 2.26. The number of aliphatic hydroxyl groups is 1. The zero-order valence-electron chi connectivity index (χ0n) is 8.04. The maximum absolute atomic E-state index is 13.3. The Morgan fingerprint density at radius 3 is 2.87 bits per heavy atom. The van der Waals surface area contributed by atoms with Gasteiger partial charge in [0.15, 0.2) is 6.10 Å². The van der Waals surface area contributed by atoms with Crippen LogP contribution in [0.3, 0.4) is 0 Å². The Labute approximate surface area is 95.0 Å². The molecule has 1 rings (SSSR count). The van der Waals surface area contributed by atoms with Gasteiger partial charge in [0.2, 0.25) is 0 Å². The summed E-state index contributed by atoms with van der Waals surface area (Å²) in [4.78, 5) is 11.2. The highest BCUT2D eigenvalue weighted by molar-refractivity contribution is 9.10. The van der Waals surface area contributed by atoms with E-state index in [0.717, 1.165) is 0 Å². The first-order valence-electron chi connectivity index (χ1n) is 4.36. The van der Waals surface area contributed by atoms with E-state index in [1.807, 2.05) is 0 Å². The molecule has 1 unspecified atom stereocenters. The third kappa shape index (κ3) is 2.76. The molecule has 0 bridgehead atoms. The van der Waals surface area contributed by atoms with Gasteiger partial charge in [0.1, 0.15) is 5.82 Å². The number of esters is 1. The van der Waals surface area contributed by atoms with Gasteiger partial charge in [-0.2, -0.15) is 0 Å². The summed E-state index contributed by atoms with van der Waals surface area (Å²) in [6, 6.07) is 4.18. The van der Waals surface area contributed by atoms with E-state index in [4.69, 9.17) is 0 Å². The lowest BCUT2D eigenvalue weighted by Crippen LogP contribution is -2.17. The predicted octanol–water partition coefficient (Wildman–Crippen LogP) is 2.18. The summed E-state index contributed by atoms with van der Waals surface area (Å²) in [5.74, 6) is -1.51. The molecule has 82 valence electrons. The molecule has 1 atom stereocenters. The Balaban J connectivity index is 3.00. The van der Waals surface area contributed by atoms with Crippen LogP contribution in [0, 0.1) is 5.82 Å². The number of ether oxygens (including phenoxy) is 1. The van der Waals surface area contributed by atoms with Gasteiger partial charge in [0, 0.05) is 10.0 Å². The quantitative estimate of drug-likeness (QED) is 0.861. The van der Waals surface area contributed by atoms with Crippen LogP contribution in [0.5, 0.6) is 0 Å². The Bertz CT molecular complexity index is 347. The molecule has 0 saturated carbocycles. The van der Waals surface area contributed by atoms with Crippen LogP contribution in [0.15, 0.2) is 22.7 Å². The molecule has 1 N–H and O–H groups in total.